The van der Waals surface area contributed by atoms with Gasteiger partial charge in [0.1, 0.15) is 5.58 Å². The molecule has 0 fully saturated rings. The molecule has 211 valence electrons. The third kappa shape index (κ3) is 5.46. The Hall–Kier alpha value is -4.70. The Balaban J connectivity index is 0.000000206. The molecule has 0 N–H and O–H groups in total. The first kappa shape index (κ1) is 19.5. The number of furan rings is 1. The number of pyridine rings is 3. The summed E-state index contributed by atoms with van der Waals surface area (Å²) in [6.45, 7) is -7.67. The van der Waals surface area contributed by atoms with E-state index in [1.807, 2.05) is 54.7 Å². The summed E-state index contributed by atoms with van der Waals surface area (Å²) in [5, 5.41) is 1.96. The van der Waals surface area contributed by atoms with E-state index in [1.54, 1.807) is 18.2 Å². The van der Waals surface area contributed by atoms with Gasteiger partial charge >= 0.3 is 0 Å². The van der Waals surface area contributed by atoms with Crippen LogP contribution in [-0.4, -0.2) is 15.0 Å². The van der Waals surface area contributed by atoms with E-state index in [2.05, 4.69) is 45.3 Å². The summed E-state index contributed by atoms with van der Waals surface area (Å²) in [5.41, 5.74) is 5.67. The summed E-state index contributed by atoms with van der Waals surface area (Å²) in [5.74, 6) is 0. The van der Waals surface area contributed by atoms with E-state index in [4.69, 9.17) is 16.8 Å². The fraction of sp³-hybridized carbons (Fsp3) is 0.0789. The summed E-state index contributed by atoms with van der Waals surface area (Å²) in [6.07, 6.45) is 2.92. The van der Waals surface area contributed by atoms with Crippen molar-refractivity contribution in [1.82, 2.24) is 15.0 Å². The molecule has 0 aliphatic rings. The van der Waals surface area contributed by atoms with E-state index in [0.29, 0.717) is 38.4 Å². The van der Waals surface area contributed by atoms with Crippen molar-refractivity contribution in [3.63, 3.8) is 0 Å². The number of rotatable bonds is 3. The average Bonchev–Trinajstić information content (AvgIpc) is 3.50. The normalized spacial score (nSPS) is 14.9. The van der Waals surface area contributed by atoms with Gasteiger partial charge in [-0.3, -0.25) is 4.98 Å². The van der Waals surface area contributed by atoms with Crippen LogP contribution < -0.4 is 0 Å². The van der Waals surface area contributed by atoms with Crippen LogP contribution in [0.1, 0.15) is 29.2 Å². The molecule has 1 radical (unpaired) electrons. The third-order valence-electron chi connectivity index (χ3n) is 7.03. The zero-order chi connectivity index (χ0) is 36.1. The molecule has 4 heterocycles. The SMILES string of the molecule is [2H]C([2H])([2H])c1cc2oc3c[c-]c(-c4cc(C([2H])([2H])[2H])c(C([2H])([2H])[2H])cn4)c4ccc(n1)c2c34.[Ir].[c-]1ccccc1-c1cc(-c2ccccc2)ccn1. The predicted octanol–water partition coefficient (Wildman–Crippen LogP) is 9.57. The monoisotopic (exact) mass is 743 g/mol. The Kier molecular flexibility index (Phi) is 5.39. The second-order valence-corrected chi connectivity index (χ2v) is 9.71. The molecule has 0 unspecified atom stereocenters. The first-order valence-electron chi connectivity index (χ1n) is 17.7. The summed E-state index contributed by atoms with van der Waals surface area (Å²) in [4.78, 5) is 12.9. The van der Waals surface area contributed by atoms with Crippen LogP contribution in [0.5, 0.6) is 0 Å². The van der Waals surface area contributed by atoms with Crippen LogP contribution in [0, 0.1) is 32.7 Å². The molecule has 4 aromatic carbocycles. The van der Waals surface area contributed by atoms with Gasteiger partial charge in [0.05, 0.1) is 11.1 Å². The van der Waals surface area contributed by atoms with Gasteiger partial charge in [0.25, 0.3) is 0 Å². The Morgan fingerprint density at radius 3 is 2.42 bits per heavy atom. The molecular formula is C38H27IrN3O-2. The van der Waals surface area contributed by atoms with Crippen LogP contribution in [0.15, 0.2) is 114 Å². The Bertz CT molecular complexity index is 2440. The molecule has 0 bridgehead atoms. The molecule has 0 saturated heterocycles. The maximum atomic E-state index is 7.81. The van der Waals surface area contributed by atoms with Gasteiger partial charge in [0.2, 0.25) is 0 Å². The van der Waals surface area contributed by atoms with E-state index >= 15 is 0 Å². The number of benzene rings is 4. The summed E-state index contributed by atoms with van der Waals surface area (Å²) in [6, 6.07) is 36.2. The summed E-state index contributed by atoms with van der Waals surface area (Å²) >= 11 is 0. The zero-order valence-corrected chi connectivity index (χ0v) is 24.9. The standard InChI is InChI=1S/C21H15N2O.C17H12N.Ir/c1-11-8-17(22-10-12(11)2)14-5-7-18-20-15(14)4-6-16-21(20)19(24-18)9-13(3)23-16;1-3-7-14(8-4-1)16-11-12-18-17(13-16)15-9-5-2-6-10-15;/h4,6-10H,1-3H3;1-9,11-13H;/q2*-1;/i1D3,2D3,3D3;;. The molecule has 0 saturated carbocycles. The van der Waals surface area contributed by atoms with Crippen LogP contribution in [0.25, 0.3) is 66.5 Å². The minimum atomic E-state index is -2.65. The fourth-order valence-electron chi connectivity index (χ4n) is 5.07. The minimum Gasteiger partial charge on any atom is -0.500 e. The van der Waals surface area contributed by atoms with Gasteiger partial charge < -0.3 is 14.4 Å². The topological polar surface area (TPSA) is 51.8 Å². The van der Waals surface area contributed by atoms with E-state index in [9.17, 15) is 0 Å². The van der Waals surface area contributed by atoms with Crippen LogP contribution in [0.3, 0.4) is 0 Å². The van der Waals surface area contributed by atoms with Crippen molar-refractivity contribution in [3.8, 4) is 33.6 Å². The quantitative estimate of drug-likeness (QED) is 0.134. The van der Waals surface area contributed by atoms with Gasteiger partial charge in [-0.05, 0) is 66.2 Å². The molecule has 0 aliphatic heterocycles. The van der Waals surface area contributed by atoms with Crippen molar-refractivity contribution in [2.45, 2.75) is 20.6 Å². The average molecular weight is 743 g/mol. The molecule has 8 aromatic rings. The van der Waals surface area contributed by atoms with Crippen molar-refractivity contribution < 1.29 is 36.9 Å². The first-order chi connectivity index (χ1) is 24.2. The van der Waals surface area contributed by atoms with Gasteiger partial charge in [0.15, 0.2) is 0 Å². The van der Waals surface area contributed by atoms with Crippen LogP contribution in [-0.2, 0) is 20.1 Å². The smallest absolute Gasteiger partial charge is 0.124 e. The molecule has 43 heavy (non-hydrogen) atoms. The maximum Gasteiger partial charge on any atom is 0.124 e. The molecule has 4 aromatic heterocycles. The van der Waals surface area contributed by atoms with Crippen molar-refractivity contribution in [2.75, 3.05) is 0 Å². The third-order valence-corrected chi connectivity index (χ3v) is 7.03. The van der Waals surface area contributed by atoms with E-state index in [0.717, 1.165) is 17.5 Å². The fourth-order valence-corrected chi connectivity index (χ4v) is 5.07. The Morgan fingerprint density at radius 1 is 0.721 bits per heavy atom. The number of aryl methyl sites for hydroxylation is 3. The van der Waals surface area contributed by atoms with Gasteiger partial charge in [0, 0.05) is 62.0 Å². The van der Waals surface area contributed by atoms with Crippen molar-refractivity contribution in [2.24, 2.45) is 0 Å². The number of aromatic nitrogens is 3. The van der Waals surface area contributed by atoms with E-state index < -0.39 is 20.6 Å². The van der Waals surface area contributed by atoms with Crippen LogP contribution >= 0.6 is 0 Å². The molecule has 5 heteroatoms. The summed E-state index contributed by atoms with van der Waals surface area (Å²) in [7, 11) is 0. The molecule has 0 aliphatic carbocycles. The zero-order valence-electron chi connectivity index (χ0n) is 31.5. The van der Waals surface area contributed by atoms with Gasteiger partial charge in [-0.15, -0.1) is 53.6 Å². The number of hydrogen-bond acceptors (Lipinski definition) is 4. The largest absolute Gasteiger partial charge is 0.500 e. The molecule has 8 rings (SSSR count). The molecular weight excluding hydrogens is 707 g/mol. The number of nitrogens with zero attached hydrogens (tertiary/aromatic N) is 3. The molecule has 0 amide bonds. The van der Waals surface area contributed by atoms with Gasteiger partial charge in [-0.2, -0.15) is 0 Å². The first-order valence-corrected chi connectivity index (χ1v) is 13.2. The van der Waals surface area contributed by atoms with Crippen molar-refractivity contribution in [1.29, 1.82) is 0 Å². The van der Waals surface area contributed by atoms with Gasteiger partial charge in [-0.1, -0.05) is 59.5 Å². The van der Waals surface area contributed by atoms with Crippen molar-refractivity contribution in [3.05, 3.63) is 138 Å². The van der Waals surface area contributed by atoms with E-state index in [-0.39, 0.29) is 42.6 Å². The van der Waals surface area contributed by atoms with Crippen molar-refractivity contribution >= 4 is 32.8 Å². The maximum absolute atomic E-state index is 7.81. The Morgan fingerprint density at radius 2 is 1.60 bits per heavy atom. The van der Waals surface area contributed by atoms with Crippen LogP contribution in [0.2, 0.25) is 0 Å². The minimum absolute atomic E-state index is 0. The second kappa shape index (κ2) is 11.9. The van der Waals surface area contributed by atoms with E-state index in [1.165, 1.54) is 23.3 Å². The number of hydrogen-bond donors (Lipinski definition) is 0. The molecule has 0 atom stereocenters. The Labute approximate surface area is 276 Å². The second-order valence-electron chi connectivity index (χ2n) is 9.71. The molecule has 0 spiro atoms. The summed E-state index contributed by atoms with van der Waals surface area (Å²) < 4.78 is 75.2. The molecule has 4 nitrogen and oxygen atoms in total. The predicted molar refractivity (Wildman–Crippen MR) is 170 cm³/mol. The van der Waals surface area contributed by atoms with Crippen LogP contribution in [0.4, 0.5) is 0 Å². The van der Waals surface area contributed by atoms with Gasteiger partial charge in [-0.25, -0.2) is 0 Å².